The van der Waals surface area contributed by atoms with Gasteiger partial charge in [0.1, 0.15) is 21.5 Å². The van der Waals surface area contributed by atoms with Crippen LogP contribution in [0.2, 0.25) is 0 Å². The average molecular weight is 475 g/mol. The van der Waals surface area contributed by atoms with E-state index in [9.17, 15) is 22.0 Å². The second kappa shape index (κ2) is 8.40. The van der Waals surface area contributed by atoms with E-state index in [1.165, 1.54) is 12.3 Å². The summed E-state index contributed by atoms with van der Waals surface area (Å²) in [5.41, 5.74) is 2.11. The molecule has 0 aliphatic carbocycles. The van der Waals surface area contributed by atoms with Gasteiger partial charge in [-0.2, -0.15) is 5.10 Å². The number of carbonyl (C=O) groups excluding carboxylic acids is 1. The first-order valence-electron chi connectivity index (χ1n) is 11.0. The molecule has 1 aromatic carbocycles. The van der Waals surface area contributed by atoms with Crippen molar-refractivity contribution in [1.82, 2.24) is 14.9 Å². The Bertz CT molecular complexity index is 1310. The number of aromatic nitrogens is 2. The molecule has 7 nitrogen and oxygen atoms in total. The minimum Gasteiger partial charge on any atom is -0.364 e. The van der Waals surface area contributed by atoms with E-state index in [-0.39, 0.29) is 29.5 Å². The Morgan fingerprint density at radius 2 is 1.88 bits per heavy atom. The number of carbonyl (C=O) groups is 1. The number of nitrogens with zero attached hydrogens (tertiary/aromatic N) is 3. The molecule has 0 saturated carbocycles. The second-order valence-electron chi connectivity index (χ2n) is 8.69. The molecule has 174 valence electrons. The van der Waals surface area contributed by atoms with Gasteiger partial charge in [-0.25, -0.2) is 21.7 Å². The fourth-order valence-electron chi connectivity index (χ4n) is 4.79. The largest absolute Gasteiger partial charge is 0.364 e. The van der Waals surface area contributed by atoms with Gasteiger partial charge in [0, 0.05) is 30.0 Å². The van der Waals surface area contributed by atoms with Gasteiger partial charge in [-0.15, -0.1) is 0 Å². The number of hydrogen-bond acceptors (Lipinski definition) is 5. The predicted molar refractivity (Wildman–Crippen MR) is 120 cm³/mol. The Morgan fingerprint density at radius 1 is 1.09 bits per heavy atom. The van der Waals surface area contributed by atoms with Gasteiger partial charge in [-0.05, 0) is 56.0 Å². The average Bonchev–Trinajstić information content (AvgIpc) is 3.43. The monoisotopic (exact) mass is 474 g/mol. The van der Waals surface area contributed by atoms with Crippen LogP contribution in [0.1, 0.15) is 47.6 Å². The summed E-state index contributed by atoms with van der Waals surface area (Å²) >= 11 is 0. The zero-order chi connectivity index (χ0) is 23.2. The summed E-state index contributed by atoms with van der Waals surface area (Å²) in [5.74, 6) is -1.07. The minimum atomic E-state index is -3.01. The van der Waals surface area contributed by atoms with Crippen LogP contribution >= 0.6 is 0 Å². The molecule has 0 bridgehead atoms. The number of benzene rings is 1. The van der Waals surface area contributed by atoms with Crippen LogP contribution in [-0.2, 0) is 9.84 Å². The van der Waals surface area contributed by atoms with E-state index in [0.717, 1.165) is 24.2 Å². The summed E-state index contributed by atoms with van der Waals surface area (Å²) in [6.07, 6.45) is 5.56. The van der Waals surface area contributed by atoms with Crippen molar-refractivity contribution in [3.8, 4) is 0 Å². The normalized spacial score (nSPS) is 20.9. The van der Waals surface area contributed by atoms with Gasteiger partial charge in [-0.3, -0.25) is 4.79 Å². The van der Waals surface area contributed by atoms with E-state index in [0.29, 0.717) is 42.5 Å². The number of nitrogens with one attached hydrogen (secondary N) is 1. The zero-order valence-electron chi connectivity index (χ0n) is 17.9. The minimum absolute atomic E-state index is 0.0733. The number of anilines is 1. The molecule has 5 rings (SSSR count). The Hall–Kier alpha value is -3.01. The quantitative estimate of drug-likeness (QED) is 0.628. The summed E-state index contributed by atoms with van der Waals surface area (Å²) < 4.78 is 53.1. The smallest absolute Gasteiger partial charge is 0.255 e. The fourth-order valence-corrected chi connectivity index (χ4v) is 6.28. The third-order valence-electron chi connectivity index (χ3n) is 6.54. The Labute approximate surface area is 190 Å². The first-order valence-corrected chi connectivity index (χ1v) is 12.8. The Morgan fingerprint density at radius 3 is 2.67 bits per heavy atom. The van der Waals surface area contributed by atoms with E-state index in [4.69, 9.17) is 0 Å². The van der Waals surface area contributed by atoms with Crippen molar-refractivity contribution in [2.24, 2.45) is 0 Å². The Balaban J connectivity index is 1.41. The molecular weight excluding hydrogens is 450 g/mol. The van der Waals surface area contributed by atoms with Crippen LogP contribution in [0.15, 0.2) is 42.7 Å². The van der Waals surface area contributed by atoms with E-state index >= 15 is 0 Å². The number of fused-ring (bicyclic) bond motifs is 1. The number of rotatable bonds is 4. The van der Waals surface area contributed by atoms with Gasteiger partial charge in [0.2, 0.25) is 0 Å². The molecule has 2 fully saturated rings. The molecule has 2 saturated heterocycles. The third-order valence-corrected chi connectivity index (χ3v) is 8.26. The lowest BCUT2D eigenvalue weighted by molar-refractivity contribution is 0.0936. The molecule has 33 heavy (non-hydrogen) atoms. The van der Waals surface area contributed by atoms with Gasteiger partial charge < -0.3 is 10.2 Å². The van der Waals surface area contributed by atoms with E-state index in [2.05, 4.69) is 10.4 Å². The lowest BCUT2D eigenvalue weighted by atomic mass is 10.0. The van der Waals surface area contributed by atoms with Crippen molar-refractivity contribution in [2.75, 3.05) is 23.0 Å². The number of sulfone groups is 1. The maximum atomic E-state index is 14.5. The molecule has 0 radical (unpaired) electrons. The number of hydrogen-bond donors (Lipinski definition) is 1. The highest BCUT2D eigenvalue weighted by Gasteiger charge is 2.30. The van der Waals surface area contributed by atoms with Gasteiger partial charge in [-0.1, -0.05) is 0 Å². The standard InChI is InChI=1S/C23H24F2N4O3S/c24-15-3-4-20(25)18(12-15)21-2-1-8-28(21)17-5-9-29-22(13-17)19(14-26-29)23(30)27-16-6-10-33(31,32)11-7-16/h3-5,9,12-14,16,21H,1-2,6-8,10-11H2,(H,27,30). The van der Waals surface area contributed by atoms with Crippen LogP contribution in [0.4, 0.5) is 14.5 Å². The van der Waals surface area contributed by atoms with Crippen LogP contribution in [0.25, 0.3) is 5.52 Å². The SMILES string of the molecule is O=C(NC1CCS(=O)(=O)CC1)c1cnn2ccc(N3CCCC3c3cc(F)ccc3F)cc12. The molecule has 4 heterocycles. The molecule has 2 aromatic heterocycles. The van der Waals surface area contributed by atoms with Crippen molar-refractivity contribution in [3.05, 3.63) is 65.5 Å². The highest BCUT2D eigenvalue weighted by atomic mass is 32.2. The third kappa shape index (κ3) is 4.31. The highest BCUT2D eigenvalue weighted by molar-refractivity contribution is 7.91. The maximum absolute atomic E-state index is 14.5. The zero-order valence-corrected chi connectivity index (χ0v) is 18.7. The Kier molecular flexibility index (Phi) is 5.55. The molecule has 1 amide bonds. The summed E-state index contributed by atoms with van der Waals surface area (Å²) in [4.78, 5) is 15.0. The van der Waals surface area contributed by atoms with Crippen molar-refractivity contribution in [2.45, 2.75) is 37.8 Å². The lowest BCUT2D eigenvalue weighted by Crippen LogP contribution is -2.40. The van der Waals surface area contributed by atoms with E-state index in [1.807, 2.05) is 17.0 Å². The van der Waals surface area contributed by atoms with E-state index in [1.54, 1.807) is 10.7 Å². The molecule has 10 heteroatoms. The van der Waals surface area contributed by atoms with Gasteiger partial charge in [0.15, 0.2) is 0 Å². The summed E-state index contributed by atoms with van der Waals surface area (Å²) in [5, 5.41) is 7.19. The van der Waals surface area contributed by atoms with Crippen molar-refractivity contribution >= 4 is 26.9 Å². The van der Waals surface area contributed by atoms with Crippen molar-refractivity contribution in [1.29, 1.82) is 0 Å². The van der Waals surface area contributed by atoms with Crippen LogP contribution in [-0.4, -0.2) is 48.0 Å². The molecule has 1 atom stereocenters. The summed E-state index contributed by atoms with van der Waals surface area (Å²) in [7, 11) is -3.01. The summed E-state index contributed by atoms with van der Waals surface area (Å²) in [6, 6.07) is 6.71. The van der Waals surface area contributed by atoms with Crippen LogP contribution in [0.5, 0.6) is 0 Å². The molecule has 2 aliphatic rings. The first-order chi connectivity index (χ1) is 15.8. The molecule has 0 spiro atoms. The topological polar surface area (TPSA) is 83.8 Å². The van der Waals surface area contributed by atoms with Crippen LogP contribution in [0.3, 0.4) is 0 Å². The molecular formula is C23H24F2N4O3S. The van der Waals surface area contributed by atoms with Crippen LogP contribution < -0.4 is 10.2 Å². The van der Waals surface area contributed by atoms with Crippen molar-refractivity contribution in [3.63, 3.8) is 0 Å². The predicted octanol–water partition coefficient (Wildman–Crippen LogP) is 3.26. The highest BCUT2D eigenvalue weighted by Crippen LogP contribution is 2.38. The van der Waals surface area contributed by atoms with Gasteiger partial charge in [0.05, 0.1) is 34.8 Å². The van der Waals surface area contributed by atoms with E-state index < -0.39 is 21.5 Å². The maximum Gasteiger partial charge on any atom is 0.255 e. The molecule has 3 aromatic rings. The lowest BCUT2D eigenvalue weighted by Gasteiger charge is -2.27. The number of pyridine rings is 1. The van der Waals surface area contributed by atoms with Gasteiger partial charge >= 0.3 is 0 Å². The van der Waals surface area contributed by atoms with Crippen LogP contribution in [0, 0.1) is 11.6 Å². The number of halogens is 2. The summed E-state index contributed by atoms with van der Waals surface area (Å²) in [6.45, 7) is 0.684. The van der Waals surface area contributed by atoms with Gasteiger partial charge in [0.25, 0.3) is 5.91 Å². The first kappa shape index (κ1) is 21.8. The van der Waals surface area contributed by atoms with Crippen molar-refractivity contribution < 1.29 is 22.0 Å². The molecule has 2 aliphatic heterocycles. The molecule has 1 unspecified atom stereocenters. The molecule has 1 N–H and O–H groups in total. The number of amides is 1. The fraction of sp³-hybridized carbons (Fsp3) is 0.391. The second-order valence-corrected chi connectivity index (χ2v) is 11.0.